The molecule has 20 heavy (non-hydrogen) atoms. The van der Waals surface area contributed by atoms with Crippen molar-refractivity contribution in [2.24, 2.45) is 13.0 Å². The van der Waals surface area contributed by atoms with Gasteiger partial charge in [-0.05, 0) is 43.0 Å². The monoisotopic (exact) mass is 288 g/mol. The molecular formula is C15H20N4S. The maximum atomic E-state index is 5.17. The van der Waals surface area contributed by atoms with Crippen molar-refractivity contribution >= 4 is 18.2 Å². The molecule has 0 amide bonds. The van der Waals surface area contributed by atoms with Gasteiger partial charge < -0.3 is 4.90 Å². The fraction of sp³-hybridized carbons (Fsp3) is 0.467. The lowest BCUT2D eigenvalue weighted by molar-refractivity contribution is 0.399. The molecule has 4 nitrogen and oxygen atoms in total. The average Bonchev–Trinajstić information content (AvgIpc) is 2.81. The molecule has 1 aliphatic rings. The lowest BCUT2D eigenvalue weighted by Gasteiger charge is -2.32. The fourth-order valence-corrected chi connectivity index (χ4v) is 3.03. The number of aromatic amines is 1. The summed E-state index contributed by atoms with van der Waals surface area (Å²) in [6.07, 6.45) is 3.62. The number of hydrogen-bond donors (Lipinski definition) is 1. The second-order valence-electron chi connectivity index (χ2n) is 5.51. The maximum absolute atomic E-state index is 5.17. The van der Waals surface area contributed by atoms with Gasteiger partial charge >= 0.3 is 0 Å². The Bertz CT molecular complexity index is 608. The van der Waals surface area contributed by atoms with Gasteiger partial charge in [0, 0.05) is 20.1 Å². The van der Waals surface area contributed by atoms with Crippen LogP contribution in [0.2, 0.25) is 0 Å². The Labute approximate surface area is 124 Å². The van der Waals surface area contributed by atoms with E-state index >= 15 is 0 Å². The minimum absolute atomic E-state index is 0.686. The van der Waals surface area contributed by atoms with E-state index in [1.54, 1.807) is 0 Å². The van der Waals surface area contributed by atoms with E-state index in [0.717, 1.165) is 25.0 Å². The van der Waals surface area contributed by atoms with E-state index < -0.39 is 0 Å². The second kappa shape index (κ2) is 5.79. The summed E-state index contributed by atoms with van der Waals surface area (Å²) in [4.78, 5) is 2.33. The van der Waals surface area contributed by atoms with Gasteiger partial charge in [-0.3, -0.25) is 4.57 Å². The van der Waals surface area contributed by atoms with Gasteiger partial charge in [-0.25, -0.2) is 5.10 Å². The van der Waals surface area contributed by atoms with E-state index in [1.165, 1.54) is 24.8 Å². The van der Waals surface area contributed by atoms with Crippen molar-refractivity contribution in [2.45, 2.75) is 19.3 Å². The Hall–Kier alpha value is -1.62. The third kappa shape index (κ3) is 2.77. The molecule has 2 aromatic rings. The van der Waals surface area contributed by atoms with Gasteiger partial charge in [0.25, 0.3) is 0 Å². The van der Waals surface area contributed by atoms with E-state index in [1.807, 2.05) is 11.6 Å². The molecule has 0 saturated carbocycles. The molecule has 3 rings (SSSR count). The Morgan fingerprint density at radius 2 is 1.95 bits per heavy atom. The van der Waals surface area contributed by atoms with Gasteiger partial charge in [-0.15, -0.1) is 5.10 Å². The van der Waals surface area contributed by atoms with Crippen LogP contribution in [0, 0.1) is 10.7 Å². The smallest absolute Gasteiger partial charge is 0.225 e. The lowest BCUT2D eigenvalue weighted by Crippen LogP contribution is -2.35. The van der Waals surface area contributed by atoms with Crippen LogP contribution in [0.15, 0.2) is 30.3 Å². The average molecular weight is 288 g/mol. The molecule has 2 heterocycles. The first kappa shape index (κ1) is 13.4. The number of hydrogen-bond acceptors (Lipinski definition) is 3. The normalized spacial score (nSPS) is 16.6. The van der Waals surface area contributed by atoms with Crippen LogP contribution in [0.1, 0.15) is 18.4 Å². The molecule has 1 saturated heterocycles. The predicted octanol–water partition coefficient (Wildman–Crippen LogP) is 2.94. The zero-order valence-corrected chi connectivity index (χ0v) is 12.6. The van der Waals surface area contributed by atoms with Crippen LogP contribution in [0.3, 0.4) is 0 Å². The number of nitrogens with one attached hydrogen (secondary N) is 1. The molecular weight excluding hydrogens is 268 g/mol. The number of anilines is 1. The molecule has 0 bridgehead atoms. The van der Waals surface area contributed by atoms with Gasteiger partial charge in [0.15, 0.2) is 4.77 Å². The highest BCUT2D eigenvalue weighted by Gasteiger charge is 2.22. The van der Waals surface area contributed by atoms with Gasteiger partial charge in [0.1, 0.15) is 0 Å². The van der Waals surface area contributed by atoms with Gasteiger partial charge in [0.05, 0.1) is 0 Å². The van der Waals surface area contributed by atoms with E-state index in [4.69, 9.17) is 12.2 Å². The standard InChI is InChI=1S/C15H20N4S/c1-18-14(16-17-15(18)20)19-9-7-13(8-10-19)11-12-5-3-2-4-6-12/h2-6,13H,7-11H2,1H3,(H,17,20). The summed E-state index contributed by atoms with van der Waals surface area (Å²) in [6.45, 7) is 2.12. The number of rotatable bonds is 3. The number of piperidine rings is 1. The Morgan fingerprint density at radius 3 is 2.55 bits per heavy atom. The van der Waals surface area contributed by atoms with Crippen LogP contribution in [0.25, 0.3) is 0 Å². The summed E-state index contributed by atoms with van der Waals surface area (Å²) >= 11 is 5.17. The number of benzene rings is 1. The van der Waals surface area contributed by atoms with E-state index in [2.05, 4.69) is 45.4 Å². The van der Waals surface area contributed by atoms with Crippen LogP contribution in [0.4, 0.5) is 5.95 Å². The molecule has 0 spiro atoms. The molecule has 1 aliphatic heterocycles. The third-order valence-corrected chi connectivity index (χ3v) is 4.49. The molecule has 0 unspecified atom stereocenters. The van der Waals surface area contributed by atoms with Gasteiger partial charge in [-0.2, -0.15) is 0 Å². The predicted molar refractivity (Wildman–Crippen MR) is 83.5 cm³/mol. The molecule has 0 aliphatic carbocycles. The Kier molecular flexibility index (Phi) is 3.87. The van der Waals surface area contributed by atoms with Crippen molar-refractivity contribution in [2.75, 3.05) is 18.0 Å². The maximum Gasteiger partial charge on any atom is 0.225 e. The minimum atomic E-state index is 0.686. The van der Waals surface area contributed by atoms with Crippen LogP contribution in [-0.2, 0) is 13.5 Å². The number of nitrogens with zero attached hydrogens (tertiary/aromatic N) is 3. The van der Waals surface area contributed by atoms with E-state index in [0.29, 0.717) is 4.77 Å². The van der Waals surface area contributed by atoms with Gasteiger partial charge in [0.2, 0.25) is 5.95 Å². The molecule has 106 valence electrons. The zero-order chi connectivity index (χ0) is 13.9. The third-order valence-electron chi connectivity index (χ3n) is 4.12. The molecule has 1 aromatic carbocycles. The van der Waals surface area contributed by atoms with Crippen molar-refractivity contribution in [3.8, 4) is 0 Å². The van der Waals surface area contributed by atoms with Gasteiger partial charge in [-0.1, -0.05) is 30.3 Å². The van der Waals surface area contributed by atoms with Crippen molar-refractivity contribution in [1.82, 2.24) is 14.8 Å². The zero-order valence-electron chi connectivity index (χ0n) is 11.7. The first-order valence-electron chi connectivity index (χ1n) is 7.14. The topological polar surface area (TPSA) is 36.9 Å². The highest BCUT2D eigenvalue weighted by atomic mass is 32.1. The second-order valence-corrected chi connectivity index (χ2v) is 5.89. The summed E-state index contributed by atoms with van der Waals surface area (Å²) < 4.78 is 2.64. The molecule has 1 N–H and O–H groups in total. The largest absolute Gasteiger partial charge is 0.341 e. The van der Waals surface area contributed by atoms with Crippen molar-refractivity contribution in [1.29, 1.82) is 0 Å². The molecule has 5 heteroatoms. The van der Waals surface area contributed by atoms with E-state index in [9.17, 15) is 0 Å². The number of aromatic nitrogens is 3. The van der Waals surface area contributed by atoms with Crippen LogP contribution < -0.4 is 4.90 Å². The van der Waals surface area contributed by atoms with Crippen LogP contribution in [-0.4, -0.2) is 27.9 Å². The highest BCUT2D eigenvalue weighted by Crippen LogP contribution is 2.24. The minimum Gasteiger partial charge on any atom is -0.341 e. The summed E-state index contributed by atoms with van der Waals surface area (Å²) in [6, 6.07) is 10.8. The summed E-state index contributed by atoms with van der Waals surface area (Å²) in [5, 5.41) is 7.18. The summed E-state index contributed by atoms with van der Waals surface area (Å²) in [7, 11) is 1.97. The Morgan fingerprint density at radius 1 is 1.25 bits per heavy atom. The first-order chi connectivity index (χ1) is 9.74. The number of H-pyrrole nitrogens is 1. The molecule has 0 atom stereocenters. The van der Waals surface area contributed by atoms with Crippen LogP contribution >= 0.6 is 12.2 Å². The van der Waals surface area contributed by atoms with Crippen molar-refractivity contribution in [3.63, 3.8) is 0 Å². The fourth-order valence-electron chi connectivity index (χ4n) is 2.91. The van der Waals surface area contributed by atoms with Crippen molar-refractivity contribution in [3.05, 3.63) is 40.7 Å². The summed E-state index contributed by atoms with van der Waals surface area (Å²) in [5.74, 6) is 1.74. The van der Waals surface area contributed by atoms with Crippen molar-refractivity contribution < 1.29 is 0 Å². The molecule has 1 fully saturated rings. The quantitative estimate of drug-likeness (QED) is 0.882. The molecule has 0 radical (unpaired) electrons. The Balaban J connectivity index is 1.60. The highest BCUT2D eigenvalue weighted by molar-refractivity contribution is 7.71. The first-order valence-corrected chi connectivity index (χ1v) is 7.55. The summed E-state index contributed by atoms with van der Waals surface area (Å²) in [5.41, 5.74) is 1.45. The lowest BCUT2D eigenvalue weighted by atomic mass is 9.90. The SMILES string of the molecule is Cn1c(N2CCC(Cc3ccccc3)CC2)n[nH]c1=S. The molecule has 1 aromatic heterocycles. The van der Waals surface area contributed by atoms with Crippen LogP contribution in [0.5, 0.6) is 0 Å². The van der Waals surface area contributed by atoms with E-state index in [-0.39, 0.29) is 0 Å².